The fourth-order valence-electron chi connectivity index (χ4n) is 3.04. The Morgan fingerprint density at radius 2 is 1.97 bits per heavy atom. The van der Waals surface area contributed by atoms with Crippen LogP contribution in [0, 0.1) is 0 Å². The molecule has 0 fully saturated rings. The second-order valence-corrected chi connectivity index (χ2v) is 8.83. The van der Waals surface area contributed by atoms with E-state index in [1.165, 1.54) is 11.8 Å². The monoisotopic (exact) mass is 487 g/mol. The zero-order valence-corrected chi connectivity index (χ0v) is 19.6. The molecule has 164 valence electrons. The summed E-state index contributed by atoms with van der Waals surface area (Å²) in [4.78, 5) is 16.8. The molecule has 8 nitrogen and oxygen atoms in total. The number of halogens is 2. The molecule has 0 aliphatic carbocycles. The summed E-state index contributed by atoms with van der Waals surface area (Å²) in [5, 5.41) is 17.2. The van der Waals surface area contributed by atoms with E-state index in [-0.39, 0.29) is 17.7 Å². The van der Waals surface area contributed by atoms with Gasteiger partial charge in [0.1, 0.15) is 5.82 Å². The van der Waals surface area contributed by atoms with Crippen molar-refractivity contribution in [1.82, 2.24) is 29.5 Å². The van der Waals surface area contributed by atoms with Crippen molar-refractivity contribution in [3.05, 3.63) is 65.0 Å². The average molecular weight is 488 g/mol. The molecule has 4 aromatic rings. The molecule has 0 bridgehead atoms. The van der Waals surface area contributed by atoms with E-state index in [9.17, 15) is 4.79 Å². The number of carbonyl (C=O) groups excluding carboxylic acids is 1. The molecular formula is C21H19Cl2N7OS. The number of benzene rings is 1. The van der Waals surface area contributed by atoms with Gasteiger partial charge in [0.15, 0.2) is 11.0 Å². The van der Waals surface area contributed by atoms with Crippen LogP contribution in [0.15, 0.2) is 60.1 Å². The maximum atomic E-state index is 12.6. The highest BCUT2D eigenvalue weighted by Crippen LogP contribution is 2.31. The van der Waals surface area contributed by atoms with Crippen LogP contribution in [0.4, 0.5) is 5.82 Å². The molecule has 0 spiro atoms. The predicted octanol–water partition coefficient (Wildman–Crippen LogP) is 5.14. The average Bonchev–Trinajstić information content (AvgIpc) is 3.42. The number of hydrogen-bond donors (Lipinski definition) is 1. The minimum absolute atomic E-state index is 0.132. The first-order valence-corrected chi connectivity index (χ1v) is 11.5. The summed E-state index contributed by atoms with van der Waals surface area (Å²) in [6.07, 6.45) is 5.04. The number of anilines is 1. The number of thioether (sulfide) groups is 1. The van der Waals surface area contributed by atoms with Gasteiger partial charge in [-0.3, -0.25) is 14.3 Å². The van der Waals surface area contributed by atoms with Gasteiger partial charge in [0.05, 0.1) is 27.7 Å². The zero-order chi connectivity index (χ0) is 22.7. The SMILES string of the molecule is CC(C)n1nccc1NC(=O)CSc1nnc(-c2cccnc2)n1-c1ccc(Cl)c(Cl)c1. The van der Waals surface area contributed by atoms with Crippen LogP contribution in [-0.4, -0.2) is 41.2 Å². The Hall–Kier alpha value is -2.88. The third-order valence-electron chi connectivity index (χ3n) is 4.47. The van der Waals surface area contributed by atoms with Crippen molar-refractivity contribution >= 4 is 46.7 Å². The Kier molecular flexibility index (Phi) is 6.78. The van der Waals surface area contributed by atoms with E-state index in [1.54, 1.807) is 41.5 Å². The van der Waals surface area contributed by atoms with Crippen molar-refractivity contribution < 1.29 is 4.79 Å². The van der Waals surface area contributed by atoms with E-state index in [2.05, 4.69) is 25.6 Å². The number of nitrogens with one attached hydrogen (secondary N) is 1. The van der Waals surface area contributed by atoms with E-state index in [0.717, 1.165) is 11.3 Å². The first kappa shape index (κ1) is 22.3. The van der Waals surface area contributed by atoms with Crippen LogP contribution >= 0.6 is 35.0 Å². The Bertz CT molecular complexity index is 1240. The third-order valence-corrected chi connectivity index (χ3v) is 6.14. The van der Waals surface area contributed by atoms with Crippen molar-refractivity contribution in [3.63, 3.8) is 0 Å². The van der Waals surface area contributed by atoms with Crippen LogP contribution in [0.3, 0.4) is 0 Å². The molecule has 0 radical (unpaired) electrons. The summed E-state index contributed by atoms with van der Waals surface area (Å²) in [5.41, 5.74) is 1.51. The summed E-state index contributed by atoms with van der Waals surface area (Å²) in [6, 6.07) is 10.9. The van der Waals surface area contributed by atoms with Crippen LogP contribution in [0.2, 0.25) is 10.0 Å². The quantitative estimate of drug-likeness (QED) is 0.362. The molecular weight excluding hydrogens is 469 g/mol. The third kappa shape index (κ3) is 4.79. The van der Waals surface area contributed by atoms with Crippen molar-refractivity contribution in [2.45, 2.75) is 25.0 Å². The van der Waals surface area contributed by atoms with E-state index >= 15 is 0 Å². The highest BCUT2D eigenvalue weighted by Gasteiger charge is 2.19. The van der Waals surface area contributed by atoms with Crippen LogP contribution in [0.1, 0.15) is 19.9 Å². The molecule has 32 heavy (non-hydrogen) atoms. The maximum Gasteiger partial charge on any atom is 0.235 e. The Morgan fingerprint density at radius 1 is 1.12 bits per heavy atom. The summed E-state index contributed by atoms with van der Waals surface area (Å²) in [5.74, 6) is 1.18. The lowest BCUT2D eigenvalue weighted by Crippen LogP contribution is -2.18. The number of nitrogens with zero attached hydrogens (tertiary/aromatic N) is 6. The first-order chi connectivity index (χ1) is 15.4. The summed E-state index contributed by atoms with van der Waals surface area (Å²) >= 11 is 13.6. The summed E-state index contributed by atoms with van der Waals surface area (Å²) < 4.78 is 3.58. The molecule has 3 aromatic heterocycles. The van der Waals surface area contributed by atoms with Crippen molar-refractivity contribution in [3.8, 4) is 17.1 Å². The van der Waals surface area contributed by atoms with Crippen molar-refractivity contribution in [1.29, 1.82) is 0 Å². The van der Waals surface area contributed by atoms with Gasteiger partial charge in [-0.15, -0.1) is 10.2 Å². The lowest BCUT2D eigenvalue weighted by molar-refractivity contribution is -0.113. The molecule has 3 heterocycles. The van der Waals surface area contributed by atoms with Crippen LogP contribution in [0.25, 0.3) is 17.1 Å². The summed E-state index contributed by atoms with van der Waals surface area (Å²) in [7, 11) is 0. The minimum atomic E-state index is -0.177. The van der Waals surface area contributed by atoms with Gasteiger partial charge in [-0.1, -0.05) is 35.0 Å². The van der Waals surface area contributed by atoms with Gasteiger partial charge in [-0.05, 0) is 44.2 Å². The van der Waals surface area contributed by atoms with E-state index in [0.29, 0.717) is 26.8 Å². The number of aromatic nitrogens is 6. The molecule has 0 unspecified atom stereocenters. The van der Waals surface area contributed by atoms with Crippen LogP contribution in [0.5, 0.6) is 0 Å². The van der Waals surface area contributed by atoms with Gasteiger partial charge in [-0.2, -0.15) is 5.10 Å². The van der Waals surface area contributed by atoms with Crippen LogP contribution < -0.4 is 5.32 Å². The smallest absolute Gasteiger partial charge is 0.235 e. The molecule has 4 rings (SSSR count). The molecule has 0 atom stereocenters. The van der Waals surface area contributed by atoms with Gasteiger partial charge >= 0.3 is 0 Å². The highest BCUT2D eigenvalue weighted by molar-refractivity contribution is 7.99. The van der Waals surface area contributed by atoms with Gasteiger partial charge in [0, 0.05) is 30.1 Å². The number of amides is 1. The lowest BCUT2D eigenvalue weighted by atomic mass is 10.2. The second kappa shape index (κ2) is 9.72. The minimum Gasteiger partial charge on any atom is -0.310 e. The summed E-state index contributed by atoms with van der Waals surface area (Å²) in [6.45, 7) is 3.99. The van der Waals surface area contributed by atoms with E-state index in [4.69, 9.17) is 23.2 Å². The molecule has 1 N–H and O–H groups in total. The van der Waals surface area contributed by atoms with Crippen molar-refractivity contribution in [2.24, 2.45) is 0 Å². The molecule has 11 heteroatoms. The standard InChI is InChI=1S/C21H19Cl2N7OS/c1-13(2)30-18(7-9-25-30)26-19(31)12-32-21-28-27-20(14-4-3-8-24-11-14)29(21)15-5-6-16(22)17(23)10-15/h3-11,13H,12H2,1-2H3,(H,26,31). The Balaban J connectivity index is 1.61. The fourth-order valence-corrected chi connectivity index (χ4v) is 4.08. The van der Waals surface area contributed by atoms with Gasteiger partial charge < -0.3 is 5.32 Å². The molecule has 1 amide bonds. The maximum absolute atomic E-state index is 12.6. The number of hydrogen-bond acceptors (Lipinski definition) is 6. The molecule has 0 aliphatic rings. The van der Waals surface area contributed by atoms with Crippen molar-refractivity contribution in [2.75, 3.05) is 11.1 Å². The normalized spacial score (nSPS) is 11.2. The van der Waals surface area contributed by atoms with E-state index < -0.39 is 0 Å². The highest BCUT2D eigenvalue weighted by atomic mass is 35.5. The van der Waals surface area contributed by atoms with Crippen LogP contribution in [-0.2, 0) is 4.79 Å². The second-order valence-electron chi connectivity index (χ2n) is 7.07. The lowest BCUT2D eigenvalue weighted by Gasteiger charge is -2.12. The predicted molar refractivity (Wildman–Crippen MR) is 127 cm³/mol. The number of carbonyl (C=O) groups is 1. The van der Waals surface area contributed by atoms with Gasteiger partial charge in [0.25, 0.3) is 0 Å². The topological polar surface area (TPSA) is 90.5 Å². The first-order valence-electron chi connectivity index (χ1n) is 9.71. The zero-order valence-electron chi connectivity index (χ0n) is 17.2. The molecule has 0 saturated carbocycles. The largest absolute Gasteiger partial charge is 0.310 e. The van der Waals surface area contributed by atoms with Gasteiger partial charge in [0.2, 0.25) is 5.91 Å². The fraction of sp³-hybridized carbons (Fsp3) is 0.190. The Morgan fingerprint density at radius 3 is 2.69 bits per heavy atom. The molecule has 1 aromatic carbocycles. The number of rotatable bonds is 7. The molecule has 0 saturated heterocycles. The van der Waals surface area contributed by atoms with E-state index in [1.807, 2.05) is 36.6 Å². The number of pyridine rings is 1. The Labute approximate surface area is 199 Å². The molecule has 0 aliphatic heterocycles. The van der Waals surface area contributed by atoms with Gasteiger partial charge in [-0.25, -0.2) is 4.68 Å².